The zero-order valence-corrected chi connectivity index (χ0v) is 16.4. The Balaban J connectivity index is 1.97. The number of nitrogens with one attached hydrogen (secondary N) is 1. The van der Waals surface area contributed by atoms with Crippen LogP contribution in [0.3, 0.4) is 0 Å². The number of amides is 1. The van der Waals surface area contributed by atoms with Crippen molar-refractivity contribution in [1.82, 2.24) is 15.1 Å². The largest absolute Gasteiger partial charge is 0.439 e. The van der Waals surface area contributed by atoms with Gasteiger partial charge in [0.25, 0.3) is 0 Å². The lowest BCUT2D eigenvalue weighted by atomic mass is 10.1. The van der Waals surface area contributed by atoms with Gasteiger partial charge in [-0.05, 0) is 49.2 Å². The molecular formula is C23H24FN3O2. The van der Waals surface area contributed by atoms with Gasteiger partial charge in [-0.3, -0.25) is 4.79 Å². The highest BCUT2D eigenvalue weighted by Gasteiger charge is 2.21. The topological polar surface area (TPSA) is 56.2 Å². The molecule has 0 aliphatic rings. The molecule has 1 amide bonds. The normalized spacial score (nSPS) is 10.6. The fourth-order valence-corrected chi connectivity index (χ4v) is 2.99. The number of carbonyl (C=O) groups excluding carboxylic acids is 1. The zero-order valence-electron chi connectivity index (χ0n) is 16.4. The minimum Gasteiger partial charge on any atom is -0.439 e. The van der Waals surface area contributed by atoms with Crippen LogP contribution in [-0.4, -0.2) is 22.2 Å². The summed E-state index contributed by atoms with van der Waals surface area (Å²) >= 11 is 0. The van der Waals surface area contributed by atoms with E-state index in [4.69, 9.17) is 9.84 Å². The number of carbonyl (C=O) groups is 1. The second-order valence-corrected chi connectivity index (χ2v) is 6.48. The predicted molar refractivity (Wildman–Crippen MR) is 111 cm³/mol. The lowest BCUT2D eigenvalue weighted by molar-refractivity contribution is -0.120. The van der Waals surface area contributed by atoms with Gasteiger partial charge in [0.05, 0.1) is 11.4 Å². The van der Waals surface area contributed by atoms with Crippen LogP contribution in [-0.2, 0) is 17.6 Å². The first kappa shape index (κ1) is 20.3. The van der Waals surface area contributed by atoms with E-state index >= 15 is 0 Å². The molecule has 6 heteroatoms. The van der Waals surface area contributed by atoms with Crippen molar-refractivity contribution in [2.75, 3.05) is 6.54 Å². The van der Waals surface area contributed by atoms with Gasteiger partial charge in [0, 0.05) is 18.5 Å². The first-order chi connectivity index (χ1) is 14.1. The molecule has 0 bridgehead atoms. The number of para-hydroxylation sites is 1. The Morgan fingerprint density at radius 1 is 1.21 bits per heavy atom. The van der Waals surface area contributed by atoms with Crippen LogP contribution in [0, 0.1) is 5.82 Å². The molecule has 2 aromatic carbocycles. The van der Waals surface area contributed by atoms with Crippen LogP contribution in [0.15, 0.2) is 67.3 Å². The molecule has 0 unspecified atom stereocenters. The van der Waals surface area contributed by atoms with Crippen LogP contribution in [0.25, 0.3) is 5.69 Å². The molecule has 0 aliphatic heterocycles. The van der Waals surface area contributed by atoms with Gasteiger partial charge >= 0.3 is 0 Å². The molecular weight excluding hydrogens is 369 g/mol. The molecule has 1 N–H and O–H groups in total. The smallest absolute Gasteiger partial charge is 0.226 e. The van der Waals surface area contributed by atoms with Crippen molar-refractivity contribution < 1.29 is 13.9 Å². The molecule has 5 nitrogen and oxygen atoms in total. The van der Waals surface area contributed by atoms with Gasteiger partial charge in [0.15, 0.2) is 0 Å². The second-order valence-electron chi connectivity index (χ2n) is 6.48. The van der Waals surface area contributed by atoms with Gasteiger partial charge in [-0.15, -0.1) is 6.58 Å². The Morgan fingerprint density at radius 2 is 1.93 bits per heavy atom. The summed E-state index contributed by atoms with van der Waals surface area (Å²) in [6, 6.07) is 15.5. The maximum absolute atomic E-state index is 13.3. The highest BCUT2D eigenvalue weighted by Crippen LogP contribution is 2.32. The third-order valence-corrected chi connectivity index (χ3v) is 4.43. The van der Waals surface area contributed by atoms with Crippen molar-refractivity contribution in [2.45, 2.75) is 26.2 Å². The number of hydrogen-bond acceptors (Lipinski definition) is 3. The van der Waals surface area contributed by atoms with E-state index < -0.39 is 0 Å². The van der Waals surface area contributed by atoms with Gasteiger partial charge in [-0.25, -0.2) is 9.07 Å². The number of halogens is 1. The van der Waals surface area contributed by atoms with Crippen molar-refractivity contribution >= 4 is 5.91 Å². The monoisotopic (exact) mass is 393 g/mol. The number of aryl methyl sites for hydroxylation is 1. The molecule has 1 aromatic heterocycles. The quantitative estimate of drug-likeness (QED) is 0.541. The SMILES string of the molecule is C=CCNC(=O)CCc1c(CC)nn(-c2ccccc2)c1Oc1ccc(F)cc1. The predicted octanol–water partition coefficient (Wildman–Crippen LogP) is 4.60. The number of rotatable bonds is 9. The van der Waals surface area contributed by atoms with Gasteiger partial charge in [0.1, 0.15) is 11.6 Å². The number of aromatic nitrogens is 2. The van der Waals surface area contributed by atoms with Crippen LogP contribution in [0.2, 0.25) is 0 Å². The molecule has 0 saturated heterocycles. The van der Waals surface area contributed by atoms with E-state index in [1.807, 2.05) is 37.3 Å². The van der Waals surface area contributed by atoms with E-state index in [0.717, 1.165) is 16.9 Å². The Morgan fingerprint density at radius 3 is 2.59 bits per heavy atom. The van der Waals surface area contributed by atoms with Gasteiger partial charge in [-0.2, -0.15) is 5.10 Å². The van der Waals surface area contributed by atoms with E-state index in [-0.39, 0.29) is 11.7 Å². The number of benzene rings is 2. The van der Waals surface area contributed by atoms with Gasteiger partial charge in [0.2, 0.25) is 11.8 Å². The number of nitrogens with zero attached hydrogens (tertiary/aromatic N) is 2. The highest BCUT2D eigenvalue weighted by atomic mass is 19.1. The Kier molecular flexibility index (Phi) is 6.79. The van der Waals surface area contributed by atoms with Crippen LogP contribution in [0.4, 0.5) is 4.39 Å². The summed E-state index contributed by atoms with van der Waals surface area (Å²) in [5.41, 5.74) is 2.58. The van der Waals surface area contributed by atoms with Crippen LogP contribution < -0.4 is 10.1 Å². The second kappa shape index (κ2) is 9.68. The fourth-order valence-electron chi connectivity index (χ4n) is 2.99. The summed E-state index contributed by atoms with van der Waals surface area (Å²) in [6.07, 6.45) is 3.13. The first-order valence-corrected chi connectivity index (χ1v) is 9.59. The molecule has 150 valence electrons. The van der Waals surface area contributed by atoms with Crippen LogP contribution in [0.1, 0.15) is 24.6 Å². The number of hydrogen-bond donors (Lipinski definition) is 1. The van der Waals surface area contributed by atoms with Crippen LogP contribution >= 0.6 is 0 Å². The van der Waals surface area contributed by atoms with Crippen molar-refractivity contribution in [1.29, 1.82) is 0 Å². The molecule has 1 heterocycles. The summed E-state index contributed by atoms with van der Waals surface area (Å²) in [7, 11) is 0. The molecule has 0 aliphatic carbocycles. The molecule has 0 atom stereocenters. The van der Waals surface area contributed by atoms with E-state index in [1.165, 1.54) is 12.1 Å². The zero-order chi connectivity index (χ0) is 20.6. The van der Waals surface area contributed by atoms with Crippen LogP contribution in [0.5, 0.6) is 11.6 Å². The lowest BCUT2D eigenvalue weighted by Crippen LogP contribution is -2.23. The minimum absolute atomic E-state index is 0.0628. The highest BCUT2D eigenvalue weighted by molar-refractivity contribution is 5.76. The van der Waals surface area contributed by atoms with E-state index in [2.05, 4.69) is 11.9 Å². The lowest BCUT2D eigenvalue weighted by Gasteiger charge is -2.11. The van der Waals surface area contributed by atoms with Crippen molar-refractivity contribution in [3.63, 3.8) is 0 Å². The van der Waals surface area contributed by atoms with E-state index in [0.29, 0.717) is 37.4 Å². The summed E-state index contributed by atoms with van der Waals surface area (Å²) in [5.74, 6) is 0.647. The molecule has 0 fully saturated rings. The average Bonchev–Trinajstić information content (AvgIpc) is 3.10. The molecule has 3 aromatic rings. The summed E-state index contributed by atoms with van der Waals surface area (Å²) < 4.78 is 21.2. The van der Waals surface area contributed by atoms with Crippen molar-refractivity contribution in [2.24, 2.45) is 0 Å². The molecule has 29 heavy (non-hydrogen) atoms. The minimum atomic E-state index is -0.331. The molecule has 0 spiro atoms. The Labute approximate surface area is 169 Å². The molecule has 3 rings (SSSR count). The average molecular weight is 393 g/mol. The molecule has 0 radical (unpaired) electrons. The summed E-state index contributed by atoms with van der Waals surface area (Å²) in [4.78, 5) is 12.1. The standard InChI is InChI=1S/C23H24FN3O2/c1-3-16-25-22(28)15-14-20-21(4-2)26-27(18-8-6-5-7-9-18)23(20)29-19-12-10-17(24)11-13-19/h3,5-13H,1,4,14-16H2,2H3,(H,25,28). The summed E-state index contributed by atoms with van der Waals surface area (Å²) in [6.45, 7) is 6.05. The van der Waals surface area contributed by atoms with E-state index in [1.54, 1.807) is 22.9 Å². The number of ether oxygens (including phenoxy) is 1. The van der Waals surface area contributed by atoms with Crippen molar-refractivity contribution in [3.05, 3.63) is 84.3 Å². The van der Waals surface area contributed by atoms with Gasteiger partial charge in [-0.1, -0.05) is 31.2 Å². The molecule has 0 saturated carbocycles. The third-order valence-electron chi connectivity index (χ3n) is 4.43. The maximum atomic E-state index is 13.3. The summed E-state index contributed by atoms with van der Waals surface area (Å²) in [5, 5.41) is 7.51. The first-order valence-electron chi connectivity index (χ1n) is 9.59. The Hall–Kier alpha value is -3.41. The van der Waals surface area contributed by atoms with Gasteiger partial charge < -0.3 is 10.1 Å². The fraction of sp³-hybridized carbons (Fsp3) is 0.217. The Bertz CT molecular complexity index is 966. The van der Waals surface area contributed by atoms with Crippen molar-refractivity contribution in [3.8, 4) is 17.3 Å². The van der Waals surface area contributed by atoms with E-state index in [9.17, 15) is 9.18 Å². The maximum Gasteiger partial charge on any atom is 0.226 e. The third kappa shape index (κ3) is 5.10.